The van der Waals surface area contributed by atoms with Gasteiger partial charge in [-0.1, -0.05) is 76.5 Å². The molecular formula is C19H34O5S. The molecule has 0 amide bonds. The van der Waals surface area contributed by atoms with E-state index < -0.39 is 11.8 Å². The van der Waals surface area contributed by atoms with Gasteiger partial charge < -0.3 is 14.6 Å². The molecular weight excluding hydrogens is 340 g/mol. The largest absolute Gasteiger partial charge is 0.481 e. The van der Waals surface area contributed by atoms with Crippen LogP contribution in [0.5, 0.6) is 0 Å². The van der Waals surface area contributed by atoms with Crippen LogP contribution in [0.25, 0.3) is 0 Å². The maximum atomic E-state index is 12.1. The van der Waals surface area contributed by atoms with Gasteiger partial charge in [0.25, 0.3) is 0 Å². The molecule has 6 heteroatoms. The summed E-state index contributed by atoms with van der Waals surface area (Å²) in [6.07, 6.45) is 12.5. The highest BCUT2D eigenvalue weighted by molar-refractivity contribution is 8.13. The van der Waals surface area contributed by atoms with E-state index in [-0.39, 0.29) is 18.0 Å². The Morgan fingerprint density at radius 1 is 0.880 bits per heavy atom. The molecule has 5 nitrogen and oxygen atoms in total. The number of aliphatic carboxylic acids is 1. The zero-order chi connectivity index (χ0) is 18.4. The molecule has 1 heterocycles. The molecule has 1 fully saturated rings. The Kier molecular flexibility index (Phi) is 12.2. The summed E-state index contributed by atoms with van der Waals surface area (Å²) in [5.74, 6) is -1.46. The average Bonchev–Trinajstić information content (AvgIpc) is 2.99. The van der Waals surface area contributed by atoms with Crippen LogP contribution in [0, 0.1) is 0 Å². The molecule has 0 bridgehead atoms. The smallest absolute Gasteiger partial charge is 0.308 e. The Morgan fingerprint density at radius 2 is 1.40 bits per heavy atom. The van der Waals surface area contributed by atoms with Gasteiger partial charge in [-0.3, -0.25) is 9.59 Å². The van der Waals surface area contributed by atoms with Crippen molar-refractivity contribution >= 4 is 22.8 Å². The van der Waals surface area contributed by atoms with E-state index in [9.17, 15) is 9.59 Å². The Labute approximate surface area is 156 Å². The monoisotopic (exact) mass is 374 g/mol. The number of hydrogen-bond acceptors (Lipinski definition) is 5. The van der Waals surface area contributed by atoms with E-state index in [1.165, 1.54) is 63.1 Å². The third-order valence-electron chi connectivity index (χ3n) is 4.41. The number of hydrogen-bond donors (Lipinski definition) is 1. The molecule has 0 atom stereocenters. The average molecular weight is 375 g/mol. The summed E-state index contributed by atoms with van der Waals surface area (Å²) in [7, 11) is 0. The summed E-state index contributed by atoms with van der Waals surface area (Å²) in [5, 5.41) is 8.91. The van der Waals surface area contributed by atoms with Gasteiger partial charge in [0.1, 0.15) is 0 Å². The number of carbonyl (C=O) groups excluding carboxylic acids is 1. The van der Waals surface area contributed by atoms with Crippen molar-refractivity contribution in [1.29, 1.82) is 0 Å². The highest BCUT2D eigenvalue weighted by Crippen LogP contribution is 2.30. The third-order valence-corrected chi connectivity index (χ3v) is 5.37. The van der Waals surface area contributed by atoms with Crippen molar-refractivity contribution in [3.8, 4) is 0 Å². The van der Waals surface area contributed by atoms with E-state index in [4.69, 9.17) is 14.6 Å². The first kappa shape index (κ1) is 22.5. The number of carboxylic acids is 1. The van der Waals surface area contributed by atoms with Gasteiger partial charge in [0.15, 0.2) is 10.9 Å². The molecule has 0 aromatic rings. The second kappa shape index (κ2) is 13.6. The van der Waals surface area contributed by atoms with Crippen molar-refractivity contribution in [2.75, 3.05) is 19.0 Å². The summed E-state index contributed by atoms with van der Waals surface area (Å²) < 4.78 is 10.8. The van der Waals surface area contributed by atoms with Crippen molar-refractivity contribution in [2.24, 2.45) is 0 Å². The van der Waals surface area contributed by atoms with Crippen LogP contribution in [0.15, 0.2) is 0 Å². The zero-order valence-corrected chi connectivity index (χ0v) is 16.4. The summed E-state index contributed by atoms with van der Waals surface area (Å²) in [4.78, 5) is 23.0. The molecule has 25 heavy (non-hydrogen) atoms. The molecule has 1 N–H and O–H groups in total. The summed E-state index contributed by atoms with van der Waals surface area (Å²) >= 11 is 1.27. The number of rotatable bonds is 15. The molecule has 0 unspecified atom stereocenters. The molecule has 1 rings (SSSR count). The molecule has 0 saturated carbocycles. The predicted octanol–water partition coefficient (Wildman–Crippen LogP) is 4.78. The van der Waals surface area contributed by atoms with E-state index in [2.05, 4.69) is 6.92 Å². The zero-order valence-electron chi connectivity index (χ0n) is 15.6. The van der Waals surface area contributed by atoms with Gasteiger partial charge in [-0.2, -0.15) is 0 Å². The second-order valence-corrected chi connectivity index (χ2v) is 7.91. The SMILES string of the molecule is CCCCCCCCCCCCSC(=O)CC1(CC(=O)O)OCCO1. The van der Waals surface area contributed by atoms with E-state index >= 15 is 0 Å². The lowest BCUT2D eigenvalue weighted by Crippen LogP contribution is -2.35. The van der Waals surface area contributed by atoms with Gasteiger partial charge in [-0.25, -0.2) is 0 Å². The molecule has 146 valence electrons. The Bertz CT molecular complexity index is 380. The van der Waals surface area contributed by atoms with Gasteiger partial charge in [0, 0.05) is 5.75 Å². The topological polar surface area (TPSA) is 72.8 Å². The number of thioether (sulfide) groups is 1. The van der Waals surface area contributed by atoms with Crippen LogP contribution in [-0.2, 0) is 19.1 Å². The number of ether oxygens (including phenoxy) is 2. The van der Waals surface area contributed by atoms with E-state index in [0.717, 1.165) is 18.6 Å². The second-order valence-electron chi connectivity index (χ2n) is 6.76. The standard InChI is InChI=1S/C19H34O5S/c1-2-3-4-5-6-7-8-9-10-11-14-25-18(22)16-19(15-17(20)21)23-12-13-24-19/h2-16H2,1H3,(H,20,21). The molecule has 0 aromatic carbocycles. The van der Waals surface area contributed by atoms with E-state index in [1.54, 1.807) is 0 Å². The molecule has 0 aliphatic carbocycles. The molecule has 1 aliphatic heterocycles. The summed E-state index contributed by atoms with van der Waals surface area (Å²) in [6, 6.07) is 0. The van der Waals surface area contributed by atoms with E-state index in [0.29, 0.717) is 13.2 Å². The van der Waals surface area contributed by atoms with Crippen LogP contribution >= 0.6 is 11.8 Å². The molecule has 1 saturated heterocycles. The van der Waals surface area contributed by atoms with Crippen LogP contribution < -0.4 is 0 Å². The Balaban J connectivity index is 2.00. The van der Waals surface area contributed by atoms with Gasteiger partial charge in [-0.15, -0.1) is 0 Å². The number of carbonyl (C=O) groups is 2. The van der Waals surface area contributed by atoms with Crippen molar-refractivity contribution in [2.45, 2.75) is 89.8 Å². The number of unbranched alkanes of at least 4 members (excludes halogenated alkanes) is 9. The van der Waals surface area contributed by atoms with Gasteiger partial charge in [0.05, 0.1) is 26.1 Å². The van der Waals surface area contributed by atoms with Crippen molar-refractivity contribution in [1.82, 2.24) is 0 Å². The fourth-order valence-corrected chi connectivity index (χ4v) is 3.94. The van der Waals surface area contributed by atoms with Crippen molar-refractivity contribution in [3.63, 3.8) is 0 Å². The molecule has 0 radical (unpaired) electrons. The molecule has 0 spiro atoms. The summed E-state index contributed by atoms with van der Waals surface area (Å²) in [6.45, 7) is 2.94. The van der Waals surface area contributed by atoms with Crippen molar-refractivity contribution < 1.29 is 24.2 Å². The third kappa shape index (κ3) is 10.9. The minimum Gasteiger partial charge on any atom is -0.481 e. The lowest BCUT2D eigenvalue weighted by molar-refractivity contribution is -0.181. The van der Waals surface area contributed by atoms with E-state index in [1.807, 2.05) is 0 Å². The first-order valence-electron chi connectivity index (χ1n) is 9.73. The first-order chi connectivity index (χ1) is 12.1. The Morgan fingerprint density at radius 3 is 1.92 bits per heavy atom. The minimum absolute atomic E-state index is 0.0156. The van der Waals surface area contributed by atoms with Crippen LogP contribution in [-0.4, -0.2) is 40.9 Å². The van der Waals surface area contributed by atoms with Gasteiger partial charge in [0.2, 0.25) is 0 Å². The van der Waals surface area contributed by atoms with Crippen LogP contribution in [0.1, 0.15) is 84.0 Å². The lowest BCUT2D eigenvalue weighted by Gasteiger charge is -2.24. The highest BCUT2D eigenvalue weighted by Gasteiger charge is 2.41. The van der Waals surface area contributed by atoms with Crippen LogP contribution in [0.4, 0.5) is 0 Å². The van der Waals surface area contributed by atoms with Crippen molar-refractivity contribution in [3.05, 3.63) is 0 Å². The molecule has 0 aromatic heterocycles. The lowest BCUT2D eigenvalue weighted by atomic mass is 10.1. The summed E-state index contributed by atoms with van der Waals surface area (Å²) in [5.41, 5.74) is 0. The fraction of sp³-hybridized carbons (Fsp3) is 0.895. The predicted molar refractivity (Wildman–Crippen MR) is 101 cm³/mol. The normalized spacial score (nSPS) is 16.2. The maximum absolute atomic E-state index is 12.1. The maximum Gasteiger partial charge on any atom is 0.308 e. The fourth-order valence-electron chi connectivity index (χ4n) is 3.04. The quantitative estimate of drug-likeness (QED) is 0.416. The van der Waals surface area contributed by atoms with Crippen LogP contribution in [0.3, 0.4) is 0 Å². The van der Waals surface area contributed by atoms with Crippen LogP contribution in [0.2, 0.25) is 0 Å². The highest BCUT2D eigenvalue weighted by atomic mass is 32.2. The number of carboxylic acid groups (broad SMARTS) is 1. The molecule has 1 aliphatic rings. The Hall–Kier alpha value is -0.590. The minimum atomic E-state index is -1.24. The first-order valence-corrected chi connectivity index (χ1v) is 10.7. The van der Waals surface area contributed by atoms with Gasteiger partial charge in [-0.05, 0) is 6.42 Å². The van der Waals surface area contributed by atoms with Gasteiger partial charge >= 0.3 is 5.97 Å².